The monoisotopic (exact) mass is 524 g/mol. The van der Waals surface area contributed by atoms with Gasteiger partial charge in [-0.3, -0.25) is 0 Å². The first-order valence-corrected chi connectivity index (χ1v) is 14.0. The Kier molecular flexibility index (Phi) is 7.98. The summed E-state index contributed by atoms with van der Waals surface area (Å²) in [6, 6.07) is 12.4. The van der Waals surface area contributed by atoms with Gasteiger partial charge in [0.1, 0.15) is 10.5 Å². The molecule has 1 unspecified atom stereocenters. The van der Waals surface area contributed by atoms with E-state index in [0.717, 1.165) is 42.5 Å². The molecule has 1 aliphatic rings. The molecule has 1 saturated carbocycles. The quantitative estimate of drug-likeness (QED) is 0.194. The van der Waals surface area contributed by atoms with E-state index in [2.05, 4.69) is 33.5 Å². The predicted molar refractivity (Wildman–Crippen MR) is 147 cm³/mol. The standard InChI is InChI=1S/C26H30N5O3S2/c1-33-36(19-8-5-9-19)25-23(27)22-20(17-6-3-2-4-7-17)14-21(31-24(22)35-25)18-15-29-26(30-16-18)28-10-12-34-13-11-32/h2-4,6-7,14-16,19,32H,5,8-13,27H2,1H3,(H,28,29,30)/q+1. The molecule has 4 N–H and O–H groups in total. The maximum absolute atomic E-state index is 8.79. The van der Waals surface area contributed by atoms with Crippen LogP contribution < -0.4 is 11.1 Å². The van der Waals surface area contributed by atoms with Crippen LogP contribution in [0.1, 0.15) is 19.3 Å². The molecule has 0 spiro atoms. The van der Waals surface area contributed by atoms with Crippen LogP contribution in [0.3, 0.4) is 0 Å². The smallest absolute Gasteiger partial charge is 0.269 e. The van der Waals surface area contributed by atoms with E-state index in [9.17, 15) is 0 Å². The molecule has 0 bridgehead atoms. The van der Waals surface area contributed by atoms with Gasteiger partial charge in [0.05, 0.1) is 32.6 Å². The predicted octanol–water partition coefficient (Wildman–Crippen LogP) is 4.51. The summed E-state index contributed by atoms with van der Waals surface area (Å²) in [5.74, 6) is 0.517. The van der Waals surface area contributed by atoms with Gasteiger partial charge < -0.3 is 20.9 Å². The highest BCUT2D eigenvalue weighted by Crippen LogP contribution is 2.46. The topological polar surface area (TPSA) is 115 Å². The summed E-state index contributed by atoms with van der Waals surface area (Å²) in [4.78, 5) is 14.8. The zero-order valence-corrected chi connectivity index (χ0v) is 21.8. The van der Waals surface area contributed by atoms with Crippen LogP contribution in [-0.2, 0) is 20.1 Å². The third-order valence-corrected chi connectivity index (χ3v) is 9.84. The number of thiophene rings is 1. The number of rotatable bonds is 11. The van der Waals surface area contributed by atoms with Crippen molar-refractivity contribution in [2.24, 2.45) is 0 Å². The lowest BCUT2D eigenvalue weighted by Crippen LogP contribution is -2.29. The fourth-order valence-corrected chi connectivity index (χ4v) is 7.98. The molecule has 1 fully saturated rings. The number of nitrogen functional groups attached to an aromatic ring is 1. The fraction of sp³-hybridized carbons (Fsp3) is 0.346. The van der Waals surface area contributed by atoms with E-state index in [-0.39, 0.29) is 17.8 Å². The SMILES string of the molecule is CO[S+](c1sc2nc(-c3cnc(NCCOCCO)nc3)cc(-c3ccccc3)c2c1N)C1CCC1. The van der Waals surface area contributed by atoms with Gasteiger partial charge in [-0.25, -0.2) is 15.0 Å². The number of pyridine rings is 1. The maximum Gasteiger partial charge on any atom is 0.269 e. The number of ether oxygens (including phenoxy) is 1. The lowest BCUT2D eigenvalue weighted by molar-refractivity contribution is 0.0991. The van der Waals surface area contributed by atoms with Crippen molar-refractivity contribution in [1.29, 1.82) is 0 Å². The highest BCUT2D eigenvalue weighted by atomic mass is 32.2. The molecule has 10 heteroatoms. The number of benzene rings is 1. The largest absolute Gasteiger partial charge is 0.394 e. The molecular weight excluding hydrogens is 494 g/mol. The number of nitrogens with two attached hydrogens (primary N) is 1. The van der Waals surface area contributed by atoms with Crippen molar-refractivity contribution in [3.63, 3.8) is 0 Å². The van der Waals surface area contributed by atoms with Gasteiger partial charge in [-0.05, 0) is 36.5 Å². The van der Waals surface area contributed by atoms with Crippen LogP contribution in [0.25, 0.3) is 32.6 Å². The summed E-state index contributed by atoms with van der Waals surface area (Å²) in [5.41, 5.74) is 11.3. The van der Waals surface area contributed by atoms with Gasteiger partial charge in [0.15, 0.2) is 5.25 Å². The Morgan fingerprint density at radius 3 is 2.58 bits per heavy atom. The van der Waals surface area contributed by atoms with Crippen LogP contribution in [-0.4, -0.2) is 58.8 Å². The highest BCUT2D eigenvalue weighted by molar-refractivity contribution is 7.95. The Morgan fingerprint density at radius 1 is 1.14 bits per heavy atom. The second-order valence-electron chi connectivity index (χ2n) is 8.48. The third-order valence-electron chi connectivity index (χ3n) is 6.18. The summed E-state index contributed by atoms with van der Waals surface area (Å²) >= 11 is 1.31. The zero-order valence-electron chi connectivity index (χ0n) is 20.1. The van der Waals surface area contributed by atoms with Crippen LogP contribution in [0.5, 0.6) is 0 Å². The minimum Gasteiger partial charge on any atom is -0.394 e. The average Bonchev–Trinajstić information content (AvgIpc) is 3.22. The maximum atomic E-state index is 8.79. The Balaban J connectivity index is 1.50. The van der Waals surface area contributed by atoms with Crippen molar-refractivity contribution in [1.82, 2.24) is 15.0 Å². The van der Waals surface area contributed by atoms with Crippen LogP contribution in [0.15, 0.2) is 53.0 Å². The Bertz CT molecular complexity index is 1300. The average molecular weight is 525 g/mol. The third kappa shape index (κ3) is 5.18. The van der Waals surface area contributed by atoms with Crippen molar-refractivity contribution in [2.45, 2.75) is 28.7 Å². The minimum atomic E-state index is -0.325. The summed E-state index contributed by atoms with van der Waals surface area (Å²) in [6.07, 6.45) is 7.17. The number of fused-ring (bicyclic) bond motifs is 1. The van der Waals surface area contributed by atoms with Gasteiger partial charge in [-0.1, -0.05) is 41.7 Å². The first-order valence-electron chi connectivity index (χ1n) is 12.0. The fourth-order valence-electron chi connectivity index (χ4n) is 4.14. The molecular formula is C26H30N5O3S2+. The first kappa shape index (κ1) is 24.9. The molecule has 4 aromatic rings. The second kappa shape index (κ2) is 11.5. The van der Waals surface area contributed by atoms with Crippen molar-refractivity contribution in [3.05, 3.63) is 48.8 Å². The van der Waals surface area contributed by atoms with Gasteiger partial charge >= 0.3 is 0 Å². The number of aliphatic hydroxyl groups is 1. The number of aliphatic hydroxyl groups excluding tert-OH is 1. The second-order valence-corrected chi connectivity index (χ2v) is 11.7. The molecule has 0 aliphatic heterocycles. The van der Waals surface area contributed by atoms with Crippen LogP contribution >= 0.6 is 11.3 Å². The Labute approximate surface area is 217 Å². The number of nitrogens with one attached hydrogen (secondary N) is 1. The number of hydrogen-bond acceptors (Lipinski definition) is 9. The first-order chi connectivity index (χ1) is 17.7. The molecule has 1 atom stereocenters. The van der Waals surface area contributed by atoms with Gasteiger partial charge in [-0.15, -0.1) is 0 Å². The molecule has 0 amide bonds. The van der Waals surface area contributed by atoms with Crippen LogP contribution in [0.2, 0.25) is 0 Å². The molecule has 1 aliphatic carbocycles. The summed E-state index contributed by atoms with van der Waals surface area (Å²) in [5, 5.41) is 13.4. The normalized spacial score (nSPS) is 14.6. The van der Waals surface area contributed by atoms with Crippen LogP contribution in [0.4, 0.5) is 11.6 Å². The molecule has 36 heavy (non-hydrogen) atoms. The summed E-state index contributed by atoms with van der Waals surface area (Å²) in [7, 11) is 1.79. The molecule has 188 valence electrons. The van der Waals surface area contributed by atoms with E-state index in [1.165, 1.54) is 19.3 Å². The molecule has 5 rings (SSSR count). The van der Waals surface area contributed by atoms with E-state index < -0.39 is 0 Å². The zero-order chi connectivity index (χ0) is 24.9. The van der Waals surface area contributed by atoms with Crippen LogP contribution in [0, 0.1) is 0 Å². The van der Waals surface area contributed by atoms with Gasteiger partial charge in [-0.2, -0.15) is 4.18 Å². The van der Waals surface area contributed by atoms with Gasteiger partial charge in [0.2, 0.25) is 17.1 Å². The summed E-state index contributed by atoms with van der Waals surface area (Å²) < 4.78 is 12.3. The molecule has 0 radical (unpaired) electrons. The van der Waals surface area contributed by atoms with Crippen molar-refractivity contribution >= 4 is 44.4 Å². The minimum absolute atomic E-state index is 0.0119. The Morgan fingerprint density at radius 2 is 1.92 bits per heavy atom. The van der Waals surface area contributed by atoms with E-state index in [1.807, 2.05) is 18.2 Å². The van der Waals surface area contributed by atoms with Crippen molar-refractivity contribution in [2.75, 3.05) is 44.5 Å². The van der Waals surface area contributed by atoms with Gasteiger partial charge in [0, 0.05) is 29.9 Å². The lowest BCUT2D eigenvalue weighted by Gasteiger charge is -2.22. The summed E-state index contributed by atoms with van der Waals surface area (Å²) in [6.45, 7) is 1.36. The van der Waals surface area contributed by atoms with Gasteiger partial charge in [0.25, 0.3) is 4.21 Å². The number of nitrogens with zero attached hydrogens (tertiary/aromatic N) is 3. The lowest BCUT2D eigenvalue weighted by atomic mass is 10.00. The number of hydrogen-bond donors (Lipinski definition) is 3. The number of anilines is 2. The Hall–Kier alpha value is -2.76. The van der Waals surface area contributed by atoms with E-state index in [1.54, 1.807) is 30.8 Å². The molecule has 3 heterocycles. The van der Waals surface area contributed by atoms with E-state index in [0.29, 0.717) is 31.0 Å². The molecule has 3 aromatic heterocycles. The van der Waals surface area contributed by atoms with Crippen molar-refractivity contribution in [3.8, 4) is 22.4 Å². The highest BCUT2D eigenvalue weighted by Gasteiger charge is 2.43. The number of aromatic nitrogens is 3. The van der Waals surface area contributed by atoms with E-state index >= 15 is 0 Å². The van der Waals surface area contributed by atoms with E-state index in [4.69, 9.17) is 24.7 Å². The van der Waals surface area contributed by atoms with Crippen molar-refractivity contribution < 1.29 is 14.0 Å². The molecule has 1 aromatic carbocycles. The molecule has 0 saturated heterocycles. The molecule has 8 nitrogen and oxygen atoms in total.